The molecule has 8 heteroatoms. The van der Waals surface area contributed by atoms with Gasteiger partial charge >= 0.3 is 16.1 Å². The third kappa shape index (κ3) is 7.65. The summed E-state index contributed by atoms with van der Waals surface area (Å²) in [5, 5.41) is 2.93. The lowest BCUT2D eigenvalue weighted by Crippen LogP contribution is -2.35. The number of para-hydroxylation sites is 2. The molecule has 0 heterocycles. The highest BCUT2D eigenvalue weighted by Gasteiger charge is 2.16. The van der Waals surface area contributed by atoms with Crippen molar-refractivity contribution in [3.8, 4) is 11.5 Å². The van der Waals surface area contributed by atoms with Gasteiger partial charge in [0.05, 0.1) is 18.6 Å². The van der Waals surface area contributed by atoms with Gasteiger partial charge < -0.3 is 19.1 Å². The molecule has 2 rings (SSSR count). The second-order valence-electron chi connectivity index (χ2n) is 6.57. The number of carbonyl (C=O) groups is 1. The summed E-state index contributed by atoms with van der Waals surface area (Å²) in [7, 11) is -3.57. The van der Waals surface area contributed by atoms with Crippen molar-refractivity contribution >= 4 is 21.8 Å². The van der Waals surface area contributed by atoms with Crippen LogP contribution in [0.1, 0.15) is 32.3 Å². The summed E-state index contributed by atoms with van der Waals surface area (Å²) in [5.74, 6) is 0.868. The maximum absolute atomic E-state index is 12.9. The number of ether oxygens (including phenoxy) is 1. The van der Waals surface area contributed by atoms with E-state index in [1.165, 1.54) is 0 Å². The molecule has 29 heavy (non-hydrogen) atoms. The fourth-order valence-electron chi connectivity index (χ4n) is 2.69. The zero-order valence-electron chi connectivity index (χ0n) is 17.1. The number of rotatable bonds is 10. The Kier molecular flexibility index (Phi) is 8.33. The van der Waals surface area contributed by atoms with Crippen molar-refractivity contribution in [2.45, 2.75) is 33.2 Å². The van der Waals surface area contributed by atoms with Crippen molar-refractivity contribution in [3.63, 3.8) is 0 Å². The lowest BCUT2D eigenvalue weighted by Gasteiger charge is -2.24. The van der Waals surface area contributed by atoms with Crippen LogP contribution >= 0.6 is 0 Å². The Morgan fingerprint density at radius 3 is 2.38 bits per heavy atom. The Morgan fingerprint density at radius 2 is 1.76 bits per heavy atom. The average Bonchev–Trinajstić information content (AvgIpc) is 2.67. The number of carbonyl (C=O) groups excluding carboxylic acids is 1. The van der Waals surface area contributed by atoms with Crippen molar-refractivity contribution in [1.82, 2.24) is 4.90 Å². The van der Waals surface area contributed by atoms with Gasteiger partial charge in [0.1, 0.15) is 11.5 Å². The van der Waals surface area contributed by atoms with Gasteiger partial charge in [0.15, 0.2) is 0 Å². The standard InChI is InChI=1S/C21H28N2O5S/c1-4-6-15-23(16-17-11-13-18(14-12-17)28-29(3,25)26)21(24)22-19-9-7-8-10-20(19)27-5-2/h7-14H,4-6,15-16H2,1-3H3,(H,22,24). The van der Waals surface area contributed by atoms with Crippen molar-refractivity contribution in [3.05, 3.63) is 54.1 Å². The lowest BCUT2D eigenvalue weighted by atomic mass is 10.2. The predicted octanol–water partition coefficient (Wildman–Crippen LogP) is 4.26. The molecule has 2 amide bonds. The average molecular weight is 421 g/mol. The van der Waals surface area contributed by atoms with E-state index < -0.39 is 10.1 Å². The minimum Gasteiger partial charge on any atom is -0.492 e. The summed E-state index contributed by atoms with van der Waals surface area (Å²) in [4.78, 5) is 14.6. The molecule has 2 aromatic rings. The van der Waals surface area contributed by atoms with Crippen LogP contribution in [0.4, 0.5) is 10.5 Å². The molecule has 0 unspecified atom stereocenters. The quantitative estimate of drug-likeness (QED) is 0.581. The van der Waals surface area contributed by atoms with E-state index in [9.17, 15) is 13.2 Å². The van der Waals surface area contributed by atoms with Gasteiger partial charge in [-0.05, 0) is 43.2 Å². The molecule has 0 aromatic heterocycles. The first-order valence-electron chi connectivity index (χ1n) is 9.58. The molecule has 158 valence electrons. The summed E-state index contributed by atoms with van der Waals surface area (Å²) in [6.07, 6.45) is 2.83. The van der Waals surface area contributed by atoms with E-state index in [1.54, 1.807) is 35.2 Å². The summed E-state index contributed by atoms with van der Waals surface area (Å²) in [6, 6.07) is 13.8. The minimum absolute atomic E-state index is 0.220. The Balaban J connectivity index is 2.11. The molecule has 0 aliphatic heterocycles. The monoisotopic (exact) mass is 420 g/mol. The Morgan fingerprint density at radius 1 is 1.07 bits per heavy atom. The van der Waals surface area contributed by atoms with E-state index >= 15 is 0 Å². The number of hydrogen-bond acceptors (Lipinski definition) is 5. The predicted molar refractivity (Wildman–Crippen MR) is 114 cm³/mol. The number of anilines is 1. The van der Waals surface area contributed by atoms with Gasteiger partial charge in [-0.2, -0.15) is 8.42 Å². The number of nitrogens with zero attached hydrogens (tertiary/aromatic N) is 1. The Bertz CT molecular complexity index is 898. The molecular weight excluding hydrogens is 392 g/mol. The Labute approximate surface area is 172 Å². The van der Waals surface area contributed by atoms with Crippen LogP contribution < -0.4 is 14.2 Å². The molecule has 0 fully saturated rings. The van der Waals surface area contributed by atoms with Crippen molar-refractivity contribution in [1.29, 1.82) is 0 Å². The molecule has 0 aliphatic carbocycles. The zero-order valence-corrected chi connectivity index (χ0v) is 17.9. The van der Waals surface area contributed by atoms with Crippen molar-refractivity contribution < 1.29 is 22.1 Å². The topological polar surface area (TPSA) is 84.9 Å². The molecule has 0 radical (unpaired) electrons. The van der Waals surface area contributed by atoms with Gasteiger partial charge in [0.2, 0.25) is 0 Å². The van der Waals surface area contributed by atoms with Crippen LogP contribution in [0.5, 0.6) is 11.5 Å². The molecule has 0 saturated heterocycles. The fraction of sp³-hybridized carbons (Fsp3) is 0.381. The molecule has 1 N–H and O–H groups in total. The highest BCUT2D eigenvalue weighted by atomic mass is 32.2. The number of urea groups is 1. The molecule has 0 bridgehead atoms. The molecule has 0 aliphatic rings. The molecule has 0 atom stereocenters. The van der Waals surface area contributed by atoms with Crippen molar-refractivity contribution in [2.75, 3.05) is 24.7 Å². The van der Waals surface area contributed by atoms with E-state index in [4.69, 9.17) is 8.92 Å². The highest BCUT2D eigenvalue weighted by Crippen LogP contribution is 2.24. The van der Waals surface area contributed by atoms with Gasteiger partial charge in [0.25, 0.3) is 0 Å². The third-order valence-electron chi connectivity index (χ3n) is 4.04. The fourth-order valence-corrected chi connectivity index (χ4v) is 3.15. The first-order chi connectivity index (χ1) is 13.8. The van der Waals surface area contributed by atoms with Crippen LogP contribution in [0, 0.1) is 0 Å². The van der Waals surface area contributed by atoms with Crippen LogP contribution in [-0.4, -0.2) is 38.8 Å². The van der Waals surface area contributed by atoms with Gasteiger partial charge in [-0.25, -0.2) is 4.79 Å². The summed E-state index contributed by atoms with van der Waals surface area (Å²) < 4.78 is 32.9. The molecule has 2 aromatic carbocycles. The lowest BCUT2D eigenvalue weighted by molar-refractivity contribution is 0.208. The van der Waals surface area contributed by atoms with Gasteiger partial charge in [-0.3, -0.25) is 0 Å². The van der Waals surface area contributed by atoms with Gasteiger partial charge in [-0.15, -0.1) is 0 Å². The highest BCUT2D eigenvalue weighted by molar-refractivity contribution is 7.86. The first kappa shape index (κ1) is 22.5. The zero-order chi connectivity index (χ0) is 21.3. The van der Waals surface area contributed by atoms with Crippen LogP contribution in [0.25, 0.3) is 0 Å². The maximum atomic E-state index is 12.9. The normalized spacial score (nSPS) is 11.0. The molecule has 0 saturated carbocycles. The largest absolute Gasteiger partial charge is 0.492 e. The van der Waals surface area contributed by atoms with E-state index in [1.807, 2.05) is 25.1 Å². The number of hydrogen-bond donors (Lipinski definition) is 1. The minimum atomic E-state index is -3.57. The second kappa shape index (κ2) is 10.7. The number of unbranched alkanes of at least 4 members (excludes halogenated alkanes) is 1. The van der Waals surface area contributed by atoms with Crippen LogP contribution in [-0.2, 0) is 16.7 Å². The molecule has 7 nitrogen and oxygen atoms in total. The van der Waals surface area contributed by atoms with Crippen molar-refractivity contribution in [2.24, 2.45) is 0 Å². The second-order valence-corrected chi connectivity index (χ2v) is 8.14. The summed E-state index contributed by atoms with van der Waals surface area (Å²) >= 11 is 0. The SMILES string of the molecule is CCCCN(Cc1ccc(OS(C)(=O)=O)cc1)C(=O)Nc1ccccc1OCC. The van der Waals surface area contributed by atoms with E-state index in [0.29, 0.717) is 31.1 Å². The van der Waals surface area contributed by atoms with Crippen LogP contribution in [0.15, 0.2) is 48.5 Å². The number of nitrogens with one attached hydrogen (secondary N) is 1. The smallest absolute Gasteiger partial charge is 0.322 e. The third-order valence-corrected chi connectivity index (χ3v) is 4.54. The molecule has 0 spiro atoms. The van der Waals surface area contributed by atoms with E-state index in [0.717, 1.165) is 24.7 Å². The van der Waals surface area contributed by atoms with E-state index in [-0.39, 0.29) is 11.8 Å². The number of benzene rings is 2. The van der Waals surface area contributed by atoms with Gasteiger partial charge in [-0.1, -0.05) is 37.6 Å². The summed E-state index contributed by atoms with van der Waals surface area (Å²) in [6.45, 7) is 5.46. The van der Waals surface area contributed by atoms with Crippen LogP contribution in [0.2, 0.25) is 0 Å². The maximum Gasteiger partial charge on any atom is 0.322 e. The Hall–Kier alpha value is -2.74. The van der Waals surface area contributed by atoms with Gasteiger partial charge in [0, 0.05) is 13.1 Å². The van der Waals surface area contributed by atoms with Crippen LogP contribution in [0.3, 0.4) is 0 Å². The van der Waals surface area contributed by atoms with E-state index in [2.05, 4.69) is 12.2 Å². The summed E-state index contributed by atoms with van der Waals surface area (Å²) in [5.41, 5.74) is 1.49. The molecular formula is C21H28N2O5S. The number of amides is 2. The first-order valence-corrected chi connectivity index (χ1v) is 11.4.